The van der Waals surface area contributed by atoms with Gasteiger partial charge in [0, 0.05) is 0 Å². The van der Waals surface area contributed by atoms with Gasteiger partial charge in [-0.1, -0.05) is 55.6 Å². The van der Waals surface area contributed by atoms with Gasteiger partial charge in [0.05, 0.1) is 11.6 Å². The summed E-state index contributed by atoms with van der Waals surface area (Å²) < 4.78 is 38.4. The molecule has 1 rings (SSSR count). The predicted molar refractivity (Wildman–Crippen MR) is 66.8 cm³/mol. The summed E-state index contributed by atoms with van der Waals surface area (Å²) in [7, 11) is 0. The molecule has 0 heterocycles. The van der Waals surface area contributed by atoms with Crippen molar-refractivity contribution < 1.29 is 13.2 Å². The van der Waals surface area contributed by atoms with E-state index in [1.165, 1.54) is 0 Å². The Morgan fingerprint density at radius 3 is 2.06 bits per heavy atom. The van der Waals surface area contributed by atoms with Gasteiger partial charge in [0.15, 0.2) is 0 Å². The van der Waals surface area contributed by atoms with E-state index in [2.05, 4.69) is 13.2 Å². The molecule has 0 spiro atoms. The highest BCUT2D eigenvalue weighted by Crippen LogP contribution is 2.33. The summed E-state index contributed by atoms with van der Waals surface area (Å²) in [6.45, 7) is 6.60. The Morgan fingerprint density at radius 2 is 1.67 bits per heavy atom. The molecule has 0 aliphatic rings. The molecule has 0 amide bonds. The molecule has 4 heteroatoms. The monoisotopic (exact) mass is 253 g/mol. The van der Waals surface area contributed by atoms with Crippen LogP contribution in [0.5, 0.6) is 0 Å². The number of nitrogens with two attached hydrogens (primary N) is 1. The smallest absolute Gasteiger partial charge is 0.320 e. The molecule has 1 aromatic rings. The van der Waals surface area contributed by atoms with E-state index < -0.39 is 17.8 Å². The van der Waals surface area contributed by atoms with Gasteiger partial charge in [0.2, 0.25) is 0 Å². The Kier molecular flexibility index (Phi) is 4.50. The van der Waals surface area contributed by atoms with Gasteiger partial charge in [0.1, 0.15) is 0 Å². The van der Waals surface area contributed by atoms with Crippen molar-refractivity contribution in [1.82, 2.24) is 0 Å². The summed E-state index contributed by atoms with van der Waals surface area (Å²) in [6, 6.07) is 7.68. The molecule has 0 aromatic heterocycles. The predicted octanol–water partition coefficient (Wildman–Crippen LogP) is 3.92. The molecule has 2 N–H and O–H groups in total. The van der Waals surface area contributed by atoms with Crippen molar-refractivity contribution in [2.75, 3.05) is 0 Å². The van der Waals surface area contributed by atoms with E-state index >= 15 is 0 Å². The number of alkyl halides is 3. The molecule has 0 aliphatic carbocycles. The Morgan fingerprint density at radius 1 is 1.11 bits per heavy atom. The summed E-state index contributed by atoms with van der Waals surface area (Å²) >= 11 is 0. The topological polar surface area (TPSA) is 26.0 Å². The molecule has 0 aliphatic heterocycles. The van der Waals surface area contributed by atoms with Crippen LogP contribution < -0.4 is 5.73 Å². The lowest BCUT2D eigenvalue weighted by molar-refractivity contribution is -0.0890. The number of halogens is 3. The summed E-state index contributed by atoms with van der Waals surface area (Å²) in [5, 5.41) is 0. The SMILES string of the molecule is C=C/C(=C(\C=C)C(F)(F)F)C(N)c1ccccc1. The number of hydrogen-bond donors (Lipinski definition) is 1. The van der Waals surface area contributed by atoms with Gasteiger partial charge in [0.25, 0.3) is 0 Å². The average molecular weight is 253 g/mol. The number of rotatable bonds is 4. The van der Waals surface area contributed by atoms with E-state index in [0.717, 1.165) is 12.2 Å². The van der Waals surface area contributed by atoms with Gasteiger partial charge in [-0.2, -0.15) is 13.2 Å². The minimum atomic E-state index is -4.49. The van der Waals surface area contributed by atoms with E-state index in [1.54, 1.807) is 30.3 Å². The maximum Gasteiger partial charge on any atom is 0.416 e. The first-order valence-corrected chi connectivity index (χ1v) is 5.28. The fourth-order valence-corrected chi connectivity index (χ4v) is 1.64. The molecule has 0 saturated carbocycles. The molecule has 0 radical (unpaired) electrons. The quantitative estimate of drug-likeness (QED) is 0.809. The summed E-state index contributed by atoms with van der Waals surface area (Å²) in [6.07, 6.45) is -2.60. The minimum Gasteiger partial charge on any atom is -0.320 e. The van der Waals surface area contributed by atoms with Gasteiger partial charge in [-0.05, 0) is 11.1 Å². The fourth-order valence-electron chi connectivity index (χ4n) is 1.64. The fraction of sp³-hybridized carbons (Fsp3) is 0.143. The zero-order chi connectivity index (χ0) is 13.8. The lowest BCUT2D eigenvalue weighted by Crippen LogP contribution is -2.19. The van der Waals surface area contributed by atoms with Crippen molar-refractivity contribution in [3.63, 3.8) is 0 Å². The Labute approximate surface area is 104 Å². The van der Waals surface area contributed by atoms with Crippen molar-refractivity contribution in [3.05, 3.63) is 72.4 Å². The number of benzene rings is 1. The van der Waals surface area contributed by atoms with Crippen LogP contribution in [0.2, 0.25) is 0 Å². The second-order valence-electron chi connectivity index (χ2n) is 3.66. The molecule has 0 saturated heterocycles. The van der Waals surface area contributed by atoms with Crippen LogP contribution in [-0.2, 0) is 0 Å². The molecule has 1 atom stereocenters. The molecule has 1 nitrogen and oxygen atoms in total. The lowest BCUT2D eigenvalue weighted by atomic mass is 9.94. The van der Waals surface area contributed by atoms with Crippen LogP contribution in [0, 0.1) is 0 Å². The van der Waals surface area contributed by atoms with Gasteiger partial charge < -0.3 is 5.73 Å². The molecular weight excluding hydrogens is 239 g/mol. The van der Waals surface area contributed by atoms with Crippen LogP contribution in [-0.4, -0.2) is 6.18 Å². The second-order valence-corrected chi connectivity index (χ2v) is 3.66. The van der Waals surface area contributed by atoms with E-state index in [1.807, 2.05) is 0 Å². The Hall–Kier alpha value is -1.81. The highest BCUT2D eigenvalue weighted by atomic mass is 19.4. The molecular formula is C14H14F3N. The van der Waals surface area contributed by atoms with Crippen molar-refractivity contribution in [2.24, 2.45) is 5.73 Å². The zero-order valence-electron chi connectivity index (χ0n) is 9.74. The van der Waals surface area contributed by atoms with Crippen LogP contribution in [0.25, 0.3) is 0 Å². The second kappa shape index (κ2) is 5.69. The highest BCUT2D eigenvalue weighted by molar-refractivity contribution is 5.42. The minimum absolute atomic E-state index is 0.0799. The van der Waals surface area contributed by atoms with Crippen molar-refractivity contribution in [2.45, 2.75) is 12.2 Å². The van der Waals surface area contributed by atoms with E-state index in [9.17, 15) is 13.2 Å². The molecule has 0 fully saturated rings. The Balaban J connectivity index is 3.29. The van der Waals surface area contributed by atoms with Crippen LogP contribution in [0.15, 0.2) is 66.8 Å². The van der Waals surface area contributed by atoms with Crippen molar-refractivity contribution in [1.29, 1.82) is 0 Å². The largest absolute Gasteiger partial charge is 0.416 e. The first-order chi connectivity index (χ1) is 8.41. The first kappa shape index (κ1) is 14.3. The maximum atomic E-state index is 12.8. The highest BCUT2D eigenvalue weighted by Gasteiger charge is 2.34. The van der Waals surface area contributed by atoms with Gasteiger partial charge in [-0.15, -0.1) is 0 Å². The van der Waals surface area contributed by atoms with E-state index in [-0.39, 0.29) is 5.57 Å². The van der Waals surface area contributed by atoms with Gasteiger partial charge in [-0.25, -0.2) is 0 Å². The van der Waals surface area contributed by atoms with Crippen LogP contribution in [0.4, 0.5) is 13.2 Å². The zero-order valence-corrected chi connectivity index (χ0v) is 9.74. The lowest BCUT2D eigenvalue weighted by Gasteiger charge is -2.18. The molecule has 0 bridgehead atoms. The van der Waals surface area contributed by atoms with Crippen molar-refractivity contribution >= 4 is 0 Å². The van der Waals surface area contributed by atoms with Crippen molar-refractivity contribution in [3.8, 4) is 0 Å². The van der Waals surface area contributed by atoms with Gasteiger partial charge >= 0.3 is 6.18 Å². The standard InChI is InChI=1S/C14H14F3N/c1-3-11(12(4-2)14(15,16)17)13(18)10-8-6-5-7-9-10/h3-9,13H,1-2,18H2/b12-11-. The third-order valence-electron chi connectivity index (χ3n) is 2.53. The van der Waals surface area contributed by atoms with Crippen LogP contribution in [0.1, 0.15) is 11.6 Å². The van der Waals surface area contributed by atoms with E-state index in [4.69, 9.17) is 5.73 Å². The van der Waals surface area contributed by atoms with Gasteiger partial charge in [-0.3, -0.25) is 0 Å². The third-order valence-corrected chi connectivity index (χ3v) is 2.53. The summed E-state index contributed by atoms with van der Waals surface area (Å²) in [5.74, 6) is 0. The molecule has 96 valence electrons. The van der Waals surface area contributed by atoms with E-state index in [0.29, 0.717) is 5.56 Å². The average Bonchev–Trinajstić information content (AvgIpc) is 2.34. The van der Waals surface area contributed by atoms with Crippen LogP contribution >= 0.6 is 0 Å². The molecule has 18 heavy (non-hydrogen) atoms. The number of hydrogen-bond acceptors (Lipinski definition) is 1. The summed E-state index contributed by atoms with van der Waals surface area (Å²) in [4.78, 5) is 0. The maximum absolute atomic E-state index is 12.8. The molecule has 1 unspecified atom stereocenters. The first-order valence-electron chi connectivity index (χ1n) is 5.28. The normalized spacial score (nSPS) is 14.7. The Bertz CT molecular complexity index is 458. The number of allylic oxidation sites excluding steroid dienone is 2. The third kappa shape index (κ3) is 3.11. The van der Waals surface area contributed by atoms with Crippen LogP contribution in [0.3, 0.4) is 0 Å². The summed E-state index contributed by atoms with van der Waals surface area (Å²) in [5.41, 5.74) is 5.51. The molecule has 1 aromatic carbocycles.